The van der Waals surface area contributed by atoms with Crippen LogP contribution in [-0.2, 0) is 13.1 Å². The predicted molar refractivity (Wildman–Crippen MR) is 139 cm³/mol. The van der Waals surface area contributed by atoms with E-state index in [-0.39, 0.29) is 24.0 Å². The number of likely N-dealkylation sites (N-methyl/N-ethyl adjacent to an activating group) is 1. The summed E-state index contributed by atoms with van der Waals surface area (Å²) in [6.45, 7) is 5.40. The van der Waals surface area contributed by atoms with Gasteiger partial charge in [0.1, 0.15) is 30.5 Å². The molecule has 32 heavy (non-hydrogen) atoms. The average molecular weight is 549 g/mol. The number of hydrogen-bond donors (Lipinski definition) is 1. The van der Waals surface area contributed by atoms with Gasteiger partial charge in [0.15, 0.2) is 5.96 Å². The molecule has 0 radical (unpaired) electrons. The minimum Gasteiger partial charge on any atom is -0.497 e. The van der Waals surface area contributed by atoms with E-state index in [2.05, 4.69) is 51.0 Å². The standard InChI is InChI=1S/C24H31N5O2.HI/c1-4-25-24(28(2)16-17-31-22-12-10-21(30-3)11-13-22)27-18-23-26-14-15-29(23)19-20-8-6-5-7-9-20;/h5-15H,4,16-19H2,1-3H3,(H,25,27);1H. The molecule has 0 aliphatic heterocycles. The minimum atomic E-state index is 0. The van der Waals surface area contributed by atoms with Crippen molar-refractivity contribution in [2.45, 2.75) is 20.0 Å². The van der Waals surface area contributed by atoms with E-state index in [0.29, 0.717) is 19.7 Å². The van der Waals surface area contributed by atoms with E-state index >= 15 is 0 Å². The molecule has 172 valence electrons. The van der Waals surface area contributed by atoms with Crippen molar-refractivity contribution in [3.8, 4) is 11.5 Å². The number of halogens is 1. The Hall–Kier alpha value is -2.75. The van der Waals surface area contributed by atoms with E-state index < -0.39 is 0 Å². The number of rotatable bonds is 10. The van der Waals surface area contributed by atoms with Gasteiger partial charge in [0.2, 0.25) is 0 Å². The second-order valence-electron chi connectivity index (χ2n) is 7.07. The van der Waals surface area contributed by atoms with Gasteiger partial charge in [0.05, 0.1) is 13.7 Å². The van der Waals surface area contributed by atoms with E-state index in [4.69, 9.17) is 14.5 Å². The highest BCUT2D eigenvalue weighted by atomic mass is 127. The van der Waals surface area contributed by atoms with Crippen LogP contribution in [0.1, 0.15) is 18.3 Å². The Kier molecular flexibility index (Phi) is 10.9. The number of guanidine groups is 1. The van der Waals surface area contributed by atoms with Crippen molar-refractivity contribution in [2.24, 2.45) is 4.99 Å². The van der Waals surface area contributed by atoms with Gasteiger partial charge in [-0.1, -0.05) is 30.3 Å². The summed E-state index contributed by atoms with van der Waals surface area (Å²) >= 11 is 0. The normalized spacial score (nSPS) is 10.9. The van der Waals surface area contributed by atoms with Gasteiger partial charge in [0.25, 0.3) is 0 Å². The SMILES string of the molecule is CCNC(=NCc1nccn1Cc1ccccc1)N(C)CCOc1ccc(OC)cc1.I. The lowest BCUT2D eigenvalue weighted by molar-refractivity contribution is 0.281. The Morgan fingerprint density at radius 2 is 1.81 bits per heavy atom. The third kappa shape index (κ3) is 7.74. The van der Waals surface area contributed by atoms with Crippen molar-refractivity contribution in [3.05, 3.63) is 78.4 Å². The first kappa shape index (κ1) is 25.5. The number of benzene rings is 2. The zero-order chi connectivity index (χ0) is 21.9. The van der Waals surface area contributed by atoms with E-state index in [9.17, 15) is 0 Å². The number of ether oxygens (including phenoxy) is 2. The fourth-order valence-electron chi connectivity index (χ4n) is 3.11. The van der Waals surface area contributed by atoms with Gasteiger partial charge in [-0.05, 0) is 36.8 Å². The maximum atomic E-state index is 5.84. The van der Waals surface area contributed by atoms with Crippen LogP contribution in [0.25, 0.3) is 0 Å². The molecule has 3 aromatic rings. The highest BCUT2D eigenvalue weighted by molar-refractivity contribution is 14.0. The molecule has 0 atom stereocenters. The maximum Gasteiger partial charge on any atom is 0.194 e. The fourth-order valence-corrected chi connectivity index (χ4v) is 3.11. The van der Waals surface area contributed by atoms with Crippen molar-refractivity contribution in [1.29, 1.82) is 0 Å². The molecule has 1 aromatic heterocycles. The quantitative estimate of drug-likeness (QED) is 0.235. The second-order valence-corrected chi connectivity index (χ2v) is 7.07. The Balaban J connectivity index is 0.00000363. The molecule has 0 bridgehead atoms. The van der Waals surface area contributed by atoms with Crippen LogP contribution >= 0.6 is 24.0 Å². The molecule has 0 unspecified atom stereocenters. The summed E-state index contributed by atoms with van der Waals surface area (Å²) in [6.07, 6.45) is 3.82. The largest absolute Gasteiger partial charge is 0.497 e. The Morgan fingerprint density at radius 1 is 1.09 bits per heavy atom. The molecule has 0 amide bonds. The fraction of sp³-hybridized carbons (Fsp3) is 0.333. The van der Waals surface area contributed by atoms with Gasteiger partial charge in [0, 0.05) is 32.5 Å². The molecule has 3 rings (SSSR count). The van der Waals surface area contributed by atoms with Crippen LogP contribution in [-0.4, -0.2) is 54.3 Å². The molecule has 0 saturated heterocycles. The van der Waals surface area contributed by atoms with Crippen LogP contribution in [0.2, 0.25) is 0 Å². The highest BCUT2D eigenvalue weighted by Crippen LogP contribution is 2.16. The molecule has 7 nitrogen and oxygen atoms in total. The summed E-state index contributed by atoms with van der Waals surface area (Å²) in [5, 5.41) is 3.34. The molecule has 1 N–H and O–H groups in total. The average Bonchev–Trinajstić information content (AvgIpc) is 3.24. The lowest BCUT2D eigenvalue weighted by Gasteiger charge is -2.22. The number of methoxy groups -OCH3 is 1. The van der Waals surface area contributed by atoms with E-state index in [1.807, 2.05) is 49.8 Å². The summed E-state index contributed by atoms with van der Waals surface area (Å²) in [4.78, 5) is 11.3. The summed E-state index contributed by atoms with van der Waals surface area (Å²) in [7, 11) is 3.66. The number of hydrogen-bond acceptors (Lipinski definition) is 4. The summed E-state index contributed by atoms with van der Waals surface area (Å²) in [5.74, 6) is 3.40. The molecule has 0 spiro atoms. The van der Waals surface area contributed by atoms with Crippen LogP contribution in [0.5, 0.6) is 11.5 Å². The lowest BCUT2D eigenvalue weighted by Crippen LogP contribution is -2.40. The molecule has 0 fully saturated rings. The number of aromatic nitrogens is 2. The molecule has 2 aromatic carbocycles. The van der Waals surface area contributed by atoms with Crippen molar-refractivity contribution in [2.75, 3.05) is 33.9 Å². The first-order chi connectivity index (χ1) is 15.2. The minimum absolute atomic E-state index is 0. The van der Waals surface area contributed by atoms with Crippen molar-refractivity contribution in [1.82, 2.24) is 19.8 Å². The van der Waals surface area contributed by atoms with Crippen molar-refractivity contribution >= 4 is 29.9 Å². The molecule has 0 saturated carbocycles. The van der Waals surface area contributed by atoms with E-state index in [1.165, 1.54) is 5.56 Å². The van der Waals surface area contributed by atoms with Gasteiger partial charge < -0.3 is 24.3 Å². The van der Waals surface area contributed by atoms with Crippen LogP contribution in [0.15, 0.2) is 72.0 Å². The molecule has 1 heterocycles. The van der Waals surface area contributed by atoms with Gasteiger partial charge in [-0.2, -0.15) is 0 Å². The van der Waals surface area contributed by atoms with Crippen LogP contribution in [0.4, 0.5) is 0 Å². The number of nitrogens with zero attached hydrogens (tertiary/aromatic N) is 4. The second kappa shape index (κ2) is 13.6. The summed E-state index contributed by atoms with van der Waals surface area (Å²) < 4.78 is 13.2. The molecule has 0 aliphatic carbocycles. The lowest BCUT2D eigenvalue weighted by atomic mass is 10.2. The smallest absolute Gasteiger partial charge is 0.194 e. The van der Waals surface area contributed by atoms with E-state index in [1.54, 1.807) is 7.11 Å². The predicted octanol–water partition coefficient (Wildman–Crippen LogP) is 4.03. The zero-order valence-electron chi connectivity index (χ0n) is 18.9. The van der Waals surface area contributed by atoms with Gasteiger partial charge in [-0.25, -0.2) is 9.98 Å². The summed E-state index contributed by atoms with van der Waals surface area (Å²) in [6, 6.07) is 18.0. The molecular formula is C24H32IN5O2. The summed E-state index contributed by atoms with van der Waals surface area (Å²) in [5.41, 5.74) is 1.24. The molecular weight excluding hydrogens is 517 g/mol. The van der Waals surface area contributed by atoms with Crippen molar-refractivity contribution in [3.63, 3.8) is 0 Å². The first-order valence-electron chi connectivity index (χ1n) is 10.5. The van der Waals surface area contributed by atoms with E-state index in [0.717, 1.165) is 36.4 Å². The van der Waals surface area contributed by atoms with Gasteiger partial charge in [-0.15, -0.1) is 24.0 Å². The first-order valence-corrected chi connectivity index (χ1v) is 10.5. The topological polar surface area (TPSA) is 63.9 Å². The monoisotopic (exact) mass is 549 g/mol. The van der Waals surface area contributed by atoms with Gasteiger partial charge >= 0.3 is 0 Å². The number of nitrogens with one attached hydrogen (secondary N) is 1. The Morgan fingerprint density at radius 3 is 2.50 bits per heavy atom. The van der Waals surface area contributed by atoms with Crippen LogP contribution in [0.3, 0.4) is 0 Å². The third-order valence-corrected chi connectivity index (χ3v) is 4.82. The Bertz CT molecular complexity index is 945. The molecule has 8 heteroatoms. The highest BCUT2D eigenvalue weighted by Gasteiger charge is 2.08. The zero-order valence-corrected chi connectivity index (χ0v) is 21.2. The third-order valence-electron chi connectivity index (χ3n) is 4.82. The Labute approximate surface area is 207 Å². The van der Waals surface area contributed by atoms with Gasteiger partial charge in [-0.3, -0.25) is 0 Å². The number of aliphatic imine (C=N–C) groups is 1. The van der Waals surface area contributed by atoms with Crippen molar-refractivity contribution < 1.29 is 9.47 Å². The molecule has 0 aliphatic rings. The maximum absolute atomic E-state index is 5.84. The number of imidazole rings is 1. The van der Waals surface area contributed by atoms with Crippen LogP contribution in [0, 0.1) is 0 Å². The van der Waals surface area contributed by atoms with Crippen LogP contribution < -0.4 is 14.8 Å².